The Bertz CT molecular complexity index is 442. The van der Waals surface area contributed by atoms with Gasteiger partial charge < -0.3 is 4.74 Å². The van der Waals surface area contributed by atoms with Crippen LogP contribution in [0.3, 0.4) is 0 Å². The first-order chi connectivity index (χ1) is 8.63. The predicted octanol–water partition coefficient (Wildman–Crippen LogP) is 4.47. The monoisotopic (exact) mass is 310 g/mol. The Kier molecular flexibility index (Phi) is 4.44. The lowest BCUT2D eigenvalue weighted by Crippen LogP contribution is -2.17. The normalized spacial score (nSPS) is 23.1. The Hall–Kier alpha value is -0.830. The molecule has 0 radical (unpaired) electrons. The van der Waals surface area contributed by atoms with Crippen LogP contribution < -0.4 is 4.74 Å². The standard InChI is InChI=1S/C15H19BrO2/c1-3-18-11-7-8-13(14(16)9-11)15(17)12-6-4-5-10(12)2/h7-10,12H,3-6H2,1-2H3. The first-order valence-electron chi connectivity index (χ1n) is 6.60. The minimum Gasteiger partial charge on any atom is -0.494 e. The highest BCUT2D eigenvalue weighted by molar-refractivity contribution is 9.10. The smallest absolute Gasteiger partial charge is 0.167 e. The molecule has 1 aromatic rings. The molecule has 0 bridgehead atoms. The van der Waals surface area contributed by atoms with Crippen LogP contribution in [0.5, 0.6) is 5.75 Å². The van der Waals surface area contributed by atoms with Crippen LogP contribution in [-0.2, 0) is 0 Å². The third-order valence-corrected chi connectivity index (χ3v) is 4.37. The summed E-state index contributed by atoms with van der Waals surface area (Å²) in [6, 6.07) is 5.64. The van der Waals surface area contributed by atoms with Crippen molar-refractivity contribution >= 4 is 21.7 Å². The van der Waals surface area contributed by atoms with Gasteiger partial charge in [-0.15, -0.1) is 0 Å². The molecule has 0 aromatic heterocycles. The maximum absolute atomic E-state index is 12.5. The number of carbonyl (C=O) groups excluding carboxylic acids is 1. The van der Waals surface area contributed by atoms with Crippen molar-refractivity contribution in [1.82, 2.24) is 0 Å². The number of Topliss-reactive ketones (excluding diaryl/α,β-unsaturated/α-hetero) is 1. The Morgan fingerprint density at radius 1 is 1.44 bits per heavy atom. The highest BCUT2D eigenvalue weighted by Gasteiger charge is 2.31. The summed E-state index contributed by atoms with van der Waals surface area (Å²) >= 11 is 3.48. The zero-order valence-corrected chi connectivity index (χ0v) is 12.5. The van der Waals surface area contributed by atoms with Gasteiger partial charge >= 0.3 is 0 Å². The molecule has 2 atom stereocenters. The molecule has 1 aromatic carbocycles. The summed E-state index contributed by atoms with van der Waals surface area (Å²) in [7, 11) is 0. The summed E-state index contributed by atoms with van der Waals surface area (Å²) in [4.78, 5) is 12.5. The predicted molar refractivity (Wildman–Crippen MR) is 76.1 cm³/mol. The summed E-state index contributed by atoms with van der Waals surface area (Å²) in [5.41, 5.74) is 0.789. The second-order valence-corrected chi connectivity index (χ2v) is 5.81. The molecule has 2 nitrogen and oxygen atoms in total. The highest BCUT2D eigenvalue weighted by Crippen LogP contribution is 2.35. The van der Waals surface area contributed by atoms with Crippen molar-refractivity contribution < 1.29 is 9.53 Å². The molecule has 0 amide bonds. The van der Waals surface area contributed by atoms with E-state index >= 15 is 0 Å². The number of ketones is 1. The fraction of sp³-hybridized carbons (Fsp3) is 0.533. The lowest BCUT2D eigenvalue weighted by Gasteiger charge is -2.15. The first-order valence-corrected chi connectivity index (χ1v) is 7.39. The van der Waals surface area contributed by atoms with E-state index in [0.717, 1.165) is 22.2 Å². The van der Waals surface area contributed by atoms with Gasteiger partial charge in [0.2, 0.25) is 0 Å². The summed E-state index contributed by atoms with van der Waals surface area (Å²) in [6.07, 6.45) is 3.37. The molecule has 1 aliphatic rings. The van der Waals surface area contributed by atoms with E-state index in [9.17, 15) is 4.79 Å². The lowest BCUT2D eigenvalue weighted by molar-refractivity contribution is 0.0896. The van der Waals surface area contributed by atoms with E-state index in [0.29, 0.717) is 12.5 Å². The quantitative estimate of drug-likeness (QED) is 0.767. The molecule has 0 aliphatic heterocycles. The van der Waals surface area contributed by atoms with Gasteiger partial charge in [-0.05, 0) is 59.8 Å². The number of carbonyl (C=O) groups is 1. The molecule has 1 saturated carbocycles. The molecular weight excluding hydrogens is 292 g/mol. The average molecular weight is 311 g/mol. The van der Waals surface area contributed by atoms with E-state index in [1.54, 1.807) is 0 Å². The third-order valence-electron chi connectivity index (χ3n) is 3.72. The molecule has 0 saturated heterocycles. The van der Waals surface area contributed by atoms with Gasteiger partial charge in [0.1, 0.15) is 5.75 Å². The second kappa shape index (κ2) is 5.87. The maximum atomic E-state index is 12.5. The van der Waals surface area contributed by atoms with Crippen LogP contribution in [-0.4, -0.2) is 12.4 Å². The van der Waals surface area contributed by atoms with Gasteiger partial charge in [-0.2, -0.15) is 0 Å². The van der Waals surface area contributed by atoms with Crippen LogP contribution >= 0.6 is 15.9 Å². The van der Waals surface area contributed by atoms with Crippen molar-refractivity contribution in [1.29, 1.82) is 0 Å². The highest BCUT2D eigenvalue weighted by atomic mass is 79.9. The molecule has 18 heavy (non-hydrogen) atoms. The number of hydrogen-bond acceptors (Lipinski definition) is 2. The van der Waals surface area contributed by atoms with Crippen LogP contribution in [0.15, 0.2) is 22.7 Å². The van der Waals surface area contributed by atoms with Gasteiger partial charge in [0, 0.05) is 16.0 Å². The SMILES string of the molecule is CCOc1ccc(C(=O)C2CCCC2C)c(Br)c1. The molecule has 0 N–H and O–H groups in total. The molecule has 3 heteroatoms. The molecule has 2 rings (SSSR count). The lowest BCUT2D eigenvalue weighted by atomic mass is 9.89. The molecule has 98 valence electrons. The minimum absolute atomic E-state index is 0.194. The van der Waals surface area contributed by atoms with Crippen molar-refractivity contribution in [2.24, 2.45) is 11.8 Å². The van der Waals surface area contributed by atoms with Crippen LogP contribution in [0.1, 0.15) is 43.5 Å². The van der Waals surface area contributed by atoms with Gasteiger partial charge in [0.25, 0.3) is 0 Å². The van der Waals surface area contributed by atoms with E-state index in [-0.39, 0.29) is 11.7 Å². The zero-order chi connectivity index (χ0) is 13.1. The van der Waals surface area contributed by atoms with Crippen LogP contribution in [0, 0.1) is 11.8 Å². The van der Waals surface area contributed by atoms with Gasteiger partial charge in [0.05, 0.1) is 6.61 Å². The van der Waals surface area contributed by atoms with E-state index in [2.05, 4.69) is 22.9 Å². The van der Waals surface area contributed by atoms with Crippen molar-refractivity contribution in [2.45, 2.75) is 33.1 Å². The number of rotatable bonds is 4. The van der Waals surface area contributed by atoms with E-state index in [4.69, 9.17) is 4.74 Å². The fourth-order valence-electron chi connectivity index (χ4n) is 2.69. The summed E-state index contributed by atoms with van der Waals surface area (Å²) in [5, 5.41) is 0. The van der Waals surface area contributed by atoms with Crippen molar-refractivity contribution in [3.8, 4) is 5.75 Å². The number of hydrogen-bond donors (Lipinski definition) is 0. The number of halogens is 1. The molecule has 2 unspecified atom stereocenters. The van der Waals surface area contributed by atoms with Gasteiger partial charge in [-0.3, -0.25) is 4.79 Å². The molecular formula is C15H19BrO2. The molecule has 0 heterocycles. The third kappa shape index (κ3) is 2.77. The van der Waals surface area contributed by atoms with Crippen molar-refractivity contribution in [3.05, 3.63) is 28.2 Å². The Balaban J connectivity index is 2.20. The van der Waals surface area contributed by atoms with E-state index < -0.39 is 0 Å². The topological polar surface area (TPSA) is 26.3 Å². The van der Waals surface area contributed by atoms with Crippen LogP contribution in [0.4, 0.5) is 0 Å². The number of ether oxygens (including phenoxy) is 1. The maximum Gasteiger partial charge on any atom is 0.167 e. The van der Waals surface area contributed by atoms with Crippen molar-refractivity contribution in [3.63, 3.8) is 0 Å². The summed E-state index contributed by atoms with van der Waals surface area (Å²) in [6.45, 7) is 4.77. The summed E-state index contributed by atoms with van der Waals surface area (Å²) in [5.74, 6) is 1.78. The fourth-order valence-corrected chi connectivity index (χ4v) is 3.24. The van der Waals surface area contributed by atoms with E-state index in [1.807, 2.05) is 25.1 Å². The van der Waals surface area contributed by atoms with E-state index in [1.165, 1.54) is 12.8 Å². The minimum atomic E-state index is 0.194. The summed E-state index contributed by atoms with van der Waals surface area (Å²) < 4.78 is 6.27. The zero-order valence-electron chi connectivity index (χ0n) is 10.9. The molecule has 1 fully saturated rings. The number of benzene rings is 1. The largest absolute Gasteiger partial charge is 0.494 e. The van der Waals surface area contributed by atoms with Crippen LogP contribution in [0.25, 0.3) is 0 Å². The van der Waals surface area contributed by atoms with Crippen LogP contribution in [0.2, 0.25) is 0 Å². The van der Waals surface area contributed by atoms with Crippen molar-refractivity contribution in [2.75, 3.05) is 6.61 Å². The Morgan fingerprint density at radius 3 is 2.78 bits per heavy atom. The first kappa shape index (κ1) is 13.6. The Morgan fingerprint density at radius 2 is 2.22 bits per heavy atom. The van der Waals surface area contributed by atoms with Gasteiger partial charge in [-0.1, -0.05) is 13.3 Å². The molecule has 0 spiro atoms. The van der Waals surface area contributed by atoms with Gasteiger partial charge in [0.15, 0.2) is 5.78 Å². The van der Waals surface area contributed by atoms with Gasteiger partial charge in [-0.25, -0.2) is 0 Å². The second-order valence-electron chi connectivity index (χ2n) is 4.95. The Labute approximate surface area is 117 Å². The average Bonchev–Trinajstić information content (AvgIpc) is 2.75. The molecule has 1 aliphatic carbocycles.